The fourth-order valence-electron chi connectivity index (χ4n) is 1.68. The molecule has 1 unspecified atom stereocenters. The summed E-state index contributed by atoms with van der Waals surface area (Å²) < 4.78 is 13.5. The van der Waals surface area contributed by atoms with E-state index >= 15 is 0 Å². The number of carboxylic acids is 1. The summed E-state index contributed by atoms with van der Waals surface area (Å²) in [6.45, 7) is 3.51. The van der Waals surface area contributed by atoms with Crippen molar-refractivity contribution in [2.75, 3.05) is 18.5 Å². The summed E-state index contributed by atoms with van der Waals surface area (Å²) in [6.07, 6.45) is -0.587. The zero-order chi connectivity index (χ0) is 17.6. The number of carbonyl (C=O) groups is 2. The second-order valence-electron chi connectivity index (χ2n) is 4.47. The molecule has 128 valence electrons. The molecular weight excluding hydrogens is 666 g/mol. The smallest absolute Gasteiger partial charge is 0.547 e. The summed E-state index contributed by atoms with van der Waals surface area (Å²) in [7, 11) is 0. The van der Waals surface area contributed by atoms with Crippen LogP contribution in [-0.4, -0.2) is 31.2 Å². The Morgan fingerprint density at radius 3 is 2.38 bits per heavy atom. The van der Waals surface area contributed by atoms with Crippen LogP contribution in [0.4, 0.5) is 5.69 Å². The van der Waals surface area contributed by atoms with E-state index in [0.29, 0.717) is 17.9 Å². The van der Waals surface area contributed by atoms with Crippen LogP contribution >= 0.6 is 67.8 Å². The molecule has 10 heteroatoms. The minimum Gasteiger partial charge on any atom is -0.547 e. The molecule has 0 fully saturated rings. The monoisotopic (exact) mass is 681 g/mol. The number of halogens is 3. The molecule has 0 heterocycles. The summed E-state index contributed by atoms with van der Waals surface area (Å²) in [5.41, 5.74) is 0.705. The van der Waals surface area contributed by atoms with Crippen LogP contribution in [0.2, 0.25) is 0 Å². The summed E-state index contributed by atoms with van der Waals surface area (Å²) in [4.78, 5) is 22.1. The molecule has 0 saturated carbocycles. The Labute approximate surface area is 203 Å². The number of ether oxygens (including phenoxy) is 2. The Morgan fingerprint density at radius 1 is 1.25 bits per heavy atom. The molecular formula is C14H15I3NNaO5. The molecule has 0 aliphatic rings. The number of aliphatic carboxylic acids is 1. The third kappa shape index (κ3) is 7.78. The Kier molecular flexibility index (Phi) is 13.1. The van der Waals surface area contributed by atoms with Gasteiger partial charge in [0.25, 0.3) is 0 Å². The van der Waals surface area contributed by atoms with Crippen LogP contribution < -0.4 is 44.7 Å². The normalized spacial score (nSPS) is 11.4. The number of anilines is 1. The number of rotatable bonds is 8. The maximum absolute atomic E-state index is 11.3. The molecule has 1 aromatic carbocycles. The average Bonchev–Trinajstić information content (AvgIpc) is 2.45. The van der Waals surface area contributed by atoms with E-state index < -0.39 is 12.1 Å². The minimum atomic E-state index is -1.22. The molecule has 0 aromatic heterocycles. The largest absolute Gasteiger partial charge is 1.00 e. The third-order valence-electron chi connectivity index (χ3n) is 2.71. The first-order chi connectivity index (χ1) is 10.8. The SMILES string of the molecule is CCC(OCCOc1c(I)cc(I)c(NC(C)=O)c1I)C(=O)[O-].[Na+]. The van der Waals surface area contributed by atoms with Crippen LogP contribution in [-0.2, 0) is 14.3 Å². The van der Waals surface area contributed by atoms with Gasteiger partial charge >= 0.3 is 29.6 Å². The van der Waals surface area contributed by atoms with E-state index in [1.807, 2.05) is 6.07 Å². The maximum atomic E-state index is 11.3. The van der Waals surface area contributed by atoms with Crippen LogP contribution in [0, 0.1) is 10.7 Å². The summed E-state index contributed by atoms with van der Waals surface area (Å²) in [5.74, 6) is -0.740. The van der Waals surface area contributed by atoms with Crippen LogP contribution in [0.25, 0.3) is 0 Å². The van der Waals surface area contributed by atoms with Crippen molar-refractivity contribution in [1.29, 1.82) is 0 Å². The van der Waals surface area contributed by atoms with Crippen LogP contribution in [0.15, 0.2) is 6.07 Å². The zero-order valence-corrected chi connectivity index (χ0v) is 21.9. The van der Waals surface area contributed by atoms with Crippen molar-refractivity contribution in [1.82, 2.24) is 0 Å². The Hall–Kier alpha value is 1.11. The van der Waals surface area contributed by atoms with E-state index in [4.69, 9.17) is 9.47 Å². The fourth-order valence-corrected chi connectivity index (χ4v) is 5.63. The number of benzene rings is 1. The third-order valence-corrected chi connectivity index (χ3v) is 5.39. The predicted octanol–water partition coefficient (Wildman–Crippen LogP) is -0.613. The standard InChI is InChI=1S/C14H16I3NO5.Na/c1-3-10(14(20)21)22-4-5-23-13-9(16)6-8(15)12(11(13)17)18-7(2)19;/h6,10H,3-5H2,1-2H3,(H,18,19)(H,20,21);/q;+1/p-1. The molecule has 6 nitrogen and oxygen atoms in total. The van der Waals surface area contributed by atoms with E-state index in [0.717, 1.165) is 10.7 Å². The molecule has 0 saturated heterocycles. The maximum Gasteiger partial charge on any atom is 1.00 e. The molecule has 1 atom stereocenters. The number of carboxylic acid groups (broad SMARTS) is 1. The van der Waals surface area contributed by atoms with Gasteiger partial charge in [0.15, 0.2) is 0 Å². The summed E-state index contributed by atoms with van der Waals surface area (Å²) >= 11 is 6.42. The molecule has 1 N–H and O–H groups in total. The number of hydrogen-bond donors (Lipinski definition) is 1. The van der Waals surface area contributed by atoms with Crippen molar-refractivity contribution in [2.24, 2.45) is 0 Å². The molecule has 0 spiro atoms. The number of nitrogens with one attached hydrogen (secondary N) is 1. The Morgan fingerprint density at radius 2 is 1.88 bits per heavy atom. The van der Waals surface area contributed by atoms with Crippen molar-refractivity contribution >= 4 is 85.3 Å². The average molecular weight is 681 g/mol. The molecule has 0 bridgehead atoms. The Bertz CT molecular complexity index is 600. The van der Waals surface area contributed by atoms with Gasteiger partial charge in [-0.1, -0.05) is 6.92 Å². The van der Waals surface area contributed by atoms with Gasteiger partial charge in [0, 0.05) is 10.5 Å². The topological polar surface area (TPSA) is 87.7 Å². The van der Waals surface area contributed by atoms with Gasteiger partial charge in [-0.15, -0.1) is 0 Å². The van der Waals surface area contributed by atoms with Crippen molar-refractivity contribution in [2.45, 2.75) is 26.4 Å². The van der Waals surface area contributed by atoms with Gasteiger partial charge in [-0.2, -0.15) is 0 Å². The molecule has 0 aliphatic carbocycles. The van der Waals surface area contributed by atoms with Crippen molar-refractivity contribution in [3.8, 4) is 5.75 Å². The zero-order valence-electron chi connectivity index (χ0n) is 13.5. The van der Waals surface area contributed by atoms with E-state index in [1.165, 1.54) is 6.92 Å². The second-order valence-corrected chi connectivity index (χ2v) is 7.88. The van der Waals surface area contributed by atoms with E-state index in [-0.39, 0.29) is 48.7 Å². The summed E-state index contributed by atoms with van der Waals surface area (Å²) in [5, 5.41) is 13.6. The molecule has 1 amide bonds. The second kappa shape index (κ2) is 12.5. The van der Waals surface area contributed by atoms with Gasteiger partial charge < -0.3 is 24.7 Å². The van der Waals surface area contributed by atoms with Gasteiger partial charge in [-0.3, -0.25) is 4.79 Å². The van der Waals surface area contributed by atoms with E-state index in [9.17, 15) is 14.7 Å². The number of amides is 1. The van der Waals surface area contributed by atoms with Gasteiger partial charge in [0.2, 0.25) is 5.91 Å². The fraction of sp³-hybridized carbons (Fsp3) is 0.429. The van der Waals surface area contributed by atoms with E-state index in [1.54, 1.807) is 6.92 Å². The minimum absolute atomic E-state index is 0. The van der Waals surface area contributed by atoms with E-state index in [2.05, 4.69) is 73.1 Å². The molecule has 1 aromatic rings. The number of hydrogen-bond acceptors (Lipinski definition) is 5. The van der Waals surface area contributed by atoms with Gasteiger partial charge in [-0.25, -0.2) is 0 Å². The number of carbonyl (C=O) groups excluding carboxylic acids is 2. The van der Waals surface area contributed by atoms with Crippen molar-refractivity contribution in [3.05, 3.63) is 16.8 Å². The molecule has 1 rings (SSSR count). The van der Waals surface area contributed by atoms with Gasteiger partial charge in [-0.05, 0) is 80.3 Å². The molecule has 0 radical (unpaired) electrons. The first-order valence-corrected chi connectivity index (χ1v) is 9.91. The Balaban J connectivity index is 0.00000529. The first kappa shape index (κ1) is 25.1. The van der Waals surface area contributed by atoms with Gasteiger partial charge in [0.1, 0.15) is 12.4 Å². The predicted molar refractivity (Wildman–Crippen MR) is 109 cm³/mol. The molecule has 24 heavy (non-hydrogen) atoms. The van der Waals surface area contributed by atoms with Crippen molar-refractivity contribution in [3.63, 3.8) is 0 Å². The van der Waals surface area contributed by atoms with Crippen LogP contribution in [0.1, 0.15) is 20.3 Å². The van der Waals surface area contributed by atoms with Crippen LogP contribution in [0.5, 0.6) is 5.75 Å². The summed E-state index contributed by atoms with van der Waals surface area (Å²) in [6, 6.07) is 1.90. The van der Waals surface area contributed by atoms with Crippen LogP contribution in [0.3, 0.4) is 0 Å². The van der Waals surface area contributed by atoms with Crippen molar-refractivity contribution < 1.29 is 53.7 Å². The quantitative estimate of drug-likeness (QED) is 0.225. The first-order valence-electron chi connectivity index (χ1n) is 6.68. The molecule has 0 aliphatic heterocycles. The van der Waals surface area contributed by atoms with Gasteiger partial charge in [0.05, 0.1) is 31.5 Å².